The van der Waals surface area contributed by atoms with Gasteiger partial charge >= 0.3 is 0 Å². The maximum atomic E-state index is 12.2. The maximum Gasteiger partial charge on any atom is 0.257 e. The molecule has 1 heterocycles. The summed E-state index contributed by atoms with van der Waals surface area (Å²) >= 11 is 0. The number of anilines is 2. The number of nitrogen functional groups attached to an aromatic ring is 1. The van der Waals surface area contributed by atoms with Crippen molar-refractivity contribution in [3.05, 3.63) is 41.1 Å². The number of benzene rings is 1. The molecule has 1 amide bonds. The van der Waals surface area contributed by atoms with Crippen LogP contribution in [0.25, 0.3) is 0 Å². The molecule has 3 N–H and O–H groups in total. The normalized spacial score (nSPS) is 10.4. The fraction of sp³-hybridized carbons (Fsp3) is 0.231. The number of nitrogens with two attached hydrogens (primary N) is 1. The Hall–Kier alpha value is -2.30. The molecule has 0 aliphatic heterocycles. The third kappa shape index (κ3) is 2.07. The Bertz CT molecular complexity index is 582. The second-order valence-electron chi connectivity index (χ2n) is 4.27. The van der Waals surface area contributed by atoms with Crippen LogP contribution in [-0.4, -0.2) is 15.7 Å². The molecule has 0 aliphatic carbocycles. The number of hydrogen-bond donors (Lipinski definition) is 2. The molecule has 94 valence electrons. The van der Waals surface area contributed by atoms with E-state index in [1.54, 1.807) is 17.8 Å². The zero-order valence-corrected chi connectivity index (χ0v) is 10.7. The molecule has 0 saturated heterocycles. The Morgan fingerprint density at radius 2 is 2.11 bits per heavy atom. The topological polar surface area (TPSA) is 72.9 Å². The van der Waals surface area contributed by atoms with E-state index in [4.69, 9.17) is 5.73 Å². The first kappa shape index (κ1) is 12.2. The largest absolute Gasteiger partial charge is 0.394 e. The highest BCUT2D eigenvalue weighted by molar-refractivity contribution is 6.06. The minimum Gasteiger partial charge on any atom is -0.394 e. The minimum absolute atomic E-state index is 0.175. The standard InChI is InChI=1S/C13H16N4O/c1-8-5-4-6-10(9(8)2)13(18)16-12-11(14)7-15-17(12)3/h4-7H,14H2,1-3H3,(H,16,18). The van der Waals surface area contributed by atoms with Crippen molar-refractivity contribution in [2.75, 3.05) is 11.1 Å². The predicted molar refractivity (Wildman–Crippen MR) is 71.5 cm³/mol. The molecule has 5 nitrogen and oxygen atoms in total. The quantitative estimate of drug-likeness (QED) is 0.847. The number of nitrogens with zero attached hydrogens (tertiary/aromatic N) is 2. The first-order valence-corrected chi connectivity index (χ1v) is 5.65. The number of aryl methyl sites for hydroxylation is 2. The fourth-order valence-electron chi connectivity index (χ4n) is 1.78. The summed E-state index contributed by atoms with van der Waals surface area (Å²) in [5.74, 6) is 0.340. The molecule has 0 saturated carbocycles. The summed E-state index contributed by atoms with van der Waals surface area (Å²) in [5.41, 5.74) is 8.89. The van der Waals surface area contributed by atoms with E-state index in [2.05, 4.69) is 10.4 Å². The average molecular weight is 244 g/mol. The number of carbonyl (C=O) groups excluding carboxylic acids is 1. The molecule has 0 radical (unpaired) electrons. The third-order valence-electron chi connectivity index (χ3n) is 3.05. The zero-order chi connectivity index (χ0) is 13.3. The van der Waals surface area contributed by atoms with E-state index in [9.17, 15) is 4.79 Å². The SMILES string of the molecule is Cc1cccc(C(=O)Nc2c(N)cnn2C)c1C. The first-order valence-electron chi connectivity index (χ1n) is 5.65. The Morgan fingerprint density at radius 3 is 2.72 bits per heavy atom. The second-order valence-corrected chi connectivity index (χ2v) is 4.27. The van der Waals surface area contributed by atoms with Gasteiger partial charge in [-0.2, -0.15) is 5.10 Å². The van der Waals surface area contributed by atoms with Gasteiger partial charge in [0.1, 0.15) is 0 Å². The van der Waals surface area contributed by atoms with Crippen molar-refractivity contribution < 1.29 is 4.79 Å². The lowest BCUT2D eigenvalue weighted by atomic mass is 10.0. The smallest absolute Gasteiger partial charge is 0.257 e. The van der Waals surface area contributed by atoms with Crippen molar-refractivity contribution in [3.8, 4) is 0 Å². The summed E-state index contributed by atoms with van der Waals surface area (Å²) in [7, 11) is 1.73. The van der Waals surface area contributed by atoms with E-state index in [1.165, 1.54) is 6.20 Å². The molecule has 18 heavy (non-hydrogen) atoms. The van der Waals surface area contributed by atoms with Crippen LogP contribution in [-0.2, 0) is 7.05 Å². The number of aromatic nitrogens is 2. The lowest BCUT2D eigenvalue weighted by Crippen LogP contribution is -2.17. The second kappa shape index (κ2) is 4.52. The lowest BCUT2D eigenvalue weighted by molar-refractivity contribution is 0.102. The molecule has 2 rings (SSSR count). The lowest BCUT2D eigenvalue weighted by Gasteiger charge is -2.10. The van der Waals surface area contributed by atoms with Gasteiger partial charge in [0.25, 0.3) is 5.91 Å². The highest BCUT2D eigenvalue weighted by Gasteiger charge is 2.13. The van der Waals surface area contributed by atoms with E-state index in [0.717, 1.165) is 11.1 Å². The van der Waals surface area contributed by atoms with E-state index >= 15 is 0 Å². The molecule has 0 aliphatic rings. The van der Waals surface area contributed by atoms with Crippen LogP contribution in [0.3, 0.4) is 0 Å². The molecular weight excluding hydrogens is 228 g/mol. The van der Waals surface area contributed by atoms with Gasteiger partial charge < -0.3 is 11.1 Å². The minimum atomic E-state index is -0.175. The van der Waals surface area contributed by atoms with Gasteiger partial charge in [-0.3, -0.25) is 9.48 Å². The monoisotopic (exact) mass is 244 g/mol. The van der Waals surface area contributed by atoms with Gasteiger partial charge in [0, 0.05) is 12.6 Å². The molecular formula is C13H16N4O. The summed E-state index contributed by atoms with van der Waals surface area (Å²) in [6, 6.07) is 5.64. The van der Waals surface area contributed by atoms with Crippen molar-refractivity contribution in [1.29, 1.82) is 0 Å². The number of carbonyl (C=O) groups is 1. The van der Waals surface area contributed by atoms with Crippen LogP contribution in [0.2, 0.25) is 0 Å². The molecule has 0 atom stereocenters. The van der Waals surface area contributed by atoms with Gasteiger partial charge in [0.2, 0.25) is 0 Å². The zero-order valence-electron chi connectivity index (χ0n) is 10.7. The molecule has 1 aromatic heterocycles. The van der Waals surface area contributed by atoms with E-state index in [-0.39, 0.29) is 5.91 Å². The maximum absolute atomic E-state index is 12.2. The molecule has 0 bridgehead atoms. The fourth-order valence-corrected chi connectivity index (χ4v) is 1.78. The summed E-state index contributed by atoms with van der Waals surface area (Å²) in [6.07, 6.45) is 1.51. The van der Waals surface area contributed by atoms with Crippen LogP contribution in [0, 0.1) is 13.8 Å². The van der Waals surface area contributed by atoms with Crippen LogP contribution in [0.1, 0.15) is 21.5 Å². The van der Waals surface area contributed by atoms with Crippen molar-refractivity contribution in [2.45, 2.75) is 13.8 Å². The Morgan fingerprint density at radius 1 is 1.39 bits per heavy atom. The average Bonchev–Trinajstić information content (AvgIpc) is 2.64. The molecule has 2 aromatic rings. The summed E-state index contributed by atoms with van der Waals surface area (Å²) in [4.78, 5) is 12.2. The van der Waals surface area contributed by atoms with Gasteiger partial charge in [-0.05, 0) is 31.0 Å². The highest BCUT2D eigenvalue weighted by atomic mass is 16.1. The van der Waals surface area contributed by atoms with Gasteiger partial charge in [-0.15, -0.1) is 0 Å². The third-order valence-corrected chi connectivity index (χ3v) is 3.05. The van der Waals surface area contributed by atoms with Crippen LogP contribution >= 0.6 is 0 Å². The number of rotatable bonds is 2. The van der Waals surface area contributed by atoms with Crippen LogP contribution < -0.4 is 11.1 Å². The number of nitrogens with one attached hydrogen (secondary N) is 1. The van der Waals surface area contributed by atoms with Crippen molar-refractivity contribution in [3.63, 3.8) is 0 Å². The van der Waals surface area contributed by atoms with E-state index < -0.39 is 0 Å². The predicted octanol–water partition coefficient (Wildman–Crippen LogP) is 1.87. The molecule has 0 fully saturated rings. The van der Waals surface area contributed by atoms with Crippen molar-refractivity contribution in [2.24, 2.45) is 7.05 Å². The summed E-state index contributed by atoms with van der Waals surface area (Å²) in [6.45, 7) is 3.90. The van der Waals surface area contributed by atoms with Gasteiger partial charge in [0.05, 0.1) is 11.9 Å². The molecule has 0 unspecified atom stereocenters. The Kier molecular flexibility index (Phi) is 3.06. The molecule has 1 aromatic carbocycles. The Balaban J connectivity index is 2.31. The van der Waals surface area contributed by atoms with Gasteiger partial charge in [-0.25, -0.2) is 0 Å². The molecule has 0 spiro atoms. The summed E-state index contributed by atoms with van der Waals surface area (Å²) in [5, 5.41) is 6.76. The van der Waals surface area contributed by atoms with Crippen molar-refractivity contribution in [1.82, 2.24) is 9.78 Å². The van der Waals surface area contributed by atoms with Gasteiger partial charge in [0.15, 0.2) is 5.82 Å². The number of amides is 1. The van der Waals surface area contributed by atoms with Crippen LogP contribution in [0.4, 0.5) is 11.5 Å². The van der Waals surface area contributed by atoms with E-state index in [0.29, 0.717) is 17.1 Å². The molecule has 5 heteroatoms. The van der Waals surface area contributed by atoms with Crippen molar-refractivity contribution >= 4 is 17.4 Å². The van der Waals surface area contributed by atoms with Crippen LogP contribution in [0.5, 0.6) is 0 Å². The first-order chi connectivity index (χ1) is 8.50. The van der Waals surface area contributed by atoms with Gasteiger partial charge in [-0.1, -0.05) is 12.1 Å². The highest BCUT2D eigenvalue weighted by Crippen LogP contribution is 2.19. The number of hydrogen-bond acceptors (Lipinski definition) is 3. The Labute approximate surface area is 106 Å². The van der Waals surface area contributed by atoms with Crippen LogP contribution in [0.15, 0.2) is 24.4 Å². The summed E-state index contributed by atoms with van der Waals surface area (Å²) < 4.78 is 1.54. The van der Waals surface area contributed by atoms with E-state index in [1.807, 2.05) is 26.0 Å².